The molecule has 1 aromatic rings. The summed E-state index contributed by atoms with van der Waals surface area (Å²) in [5, 5.41) is 3.31. The molecule has 0 spiro atoms. The maximum absolute atomic E-state index is 4.33. The smallest absolute Gasteiger partial charge is 0.128 e. The van der Waals surface area contributed by atoms with Crippen LogP contribution in [0, 0.1) is 0 Å². The van der Waals surface area contributed by atoms with Crippen molar-refractivity contribution in [2.24, 2.45) is 0 Å². The van der Waals surface area contributed by atoms with E-state index < -0.39 is 0 Å². The predicted molar refractivity (Wildman–Crippen MR) is 60.7 cm³/mol. The molecule has 0 unspecified atom stereocenters. The number of aromatic nitrogens is 1. The number of hydrogen-bond donors (Lipinski definition) is 1. The number of nitrogens with zero attached hydrogens (tertiary/aromatic N) is 2. The Morgan fingerprint density at radius 3 is 2.79 bits per heavy atom. The van der Waals surface area contributed by atoms with Gasteiger partial charge in [-0.2, -0.15) is 0 Å². The van der Waals surface area contributed by atoms with Crippen molar-refractivity contribution in [3.05, 3.63) is 24.4 Å². The molecule has 0 aliphatic heterocycles. The third-order valence-corrected chi connectivity index (χ3v) is 2.16. The first-order valence-electron chi connectivity index (χ1n) is 5.25. The van der Waals surface area contributed by atoms with Crippen LogP contribution in [-0.4, -0.2) is 31.2 Å². The van der Waals surface area contributed by atoms with Crippen LogP contribution in [0.1, 0.15) is 13.8 Å². The molecule has 0 amide bonds. The van der Waals surface area contributed by atoms with E-state index in [9.17, 15) is 0 Å². The zero-order valence-corrected chi connectivity index (χ0v) is 9.03. The Hall–Kier alpha value is -1.09. The molecule has 78 valence electrons. The first-order valence-corrected chi connectivity index (χ1v) is 5.25. The average Bonchev–Trinajstić information content (AvgIpc) is 2.26. The minimum Gasteiger partial charge on any atom is -0.356 e. The SMILES string of the molecule is CCNCCN(CC)c1ccccn1. The van der Waals surface area contributed by atoms with Gasteiger partial charge in [0.25, 0.3) is 0 Å². The van der Waals surface area contributed by atoms with Crippen molar-refractivity contribution in [1.82, 2.24) is 10.3 Å². The Kier molecular flexibility index (Phi) is 5.00. The van der Waals surface area contributed by atoms with E-state index in [1.165, 1.54) is 0 Å². The molecule has 1 aromatic heterocycles. The molecular weight excluding hydrogens is 174 g/mol. The van der Waals surface area contributed by atoms with E-state index in [0.717, 1.165) is 32.0 Å². The fraction of sp³-hybridized carbons (Fsp3) is 0.545. The van der Waals surface area contributed by atoms with E-state index in [4.69, 9.17) is 0 Å². The fourth-order valence-corrected chi connectivity index (χ4v) is 1.37. The van der Waals surface area contributed by atoms with Crippen molar-refractivity contribution < 1.29 is 0 Å². The van der Waals surface area contributed by atoms with Crippen molar-refractivity contribution in [3.8, 4) is 0 Å². The molecule has 1 rings (SSSR count). The van der Waals surface area contributed by atoms with Gasteiger partial charge in [-0.15, -0.1) is 0 Å². The lowest BCUT2D eigenvalue weighted by molar-refractivity contribution is 0.684. The normalized spacial score (nSPS) is 10.1. The molecule has 0 saturated heterocycles. The number of hydrogen-bond acceptors (Lipinski definition) is 3. The predicted octanol–water partition coefficient (Wildman–Crippen LogP) is 1.52. The standard InChI is InChI=1S/C11H19N3/c1-3-12-9-10-14(4-2)11-7-5-6-8-13-11/h5-8,12H,3-4,9-10H2,1-2H3. The van der Waals surface area contributed by atoms with Crippen molar-refractivity contribution >= 4 is 5.82 Å². The number of likely N-dealkylation sites (N-methyl/N-ethyl adjacent to an activating group) is 2. The second kappa shape index (κ2) is 6.38. The summed E-state index contributed by atoms with van der Waals surface area (Å²) in [7, 11) is 0. The van der Waals surface area contributed by atoms with Gasteiger partial charge in [-0.25, -0.2) is 4.98 Å². The maximum atomic E-state index is 4.33. The molecule has 1 heterocycles. The third kappa shape index (κ3) is 3.34. The van der Waals surface area contributed by atoms with Crippen LogP contribution in [0.3, 0.4) is 0 Å². The quantitative estimate of drug-likeness (QED) is 0.694. The Morgan fingerprint density at radius 1 is 1.36 bits per heavy atom. The number of pyridine rings is 1. The van der Waals surface area contributed by atoms with Gasteiger partial charge in [-0.3, -0.25) is 0 Å². The van der Waals surface area contributed by atoms with E-state index in [-0.39, 0.29) is 0 Å². The fourth-order valence-electron chi connectivity index (χ4n) is 1.37. The average molecular weight is 193 g/mol. The van der Waals surface area contributed by atoms with Gasteiger partial charge >= 0.3 is 0 Å². The van der Waals surface area contributed by atoms with Crippen molar-refractivity contribution in [1.29, 1.82) is 0 Å². The molecule has 0 fully saturated rings. The Balaban J connectivity index is 2.46. The Labute approximate surface area is 86.2 Å². The number of anilines is 1. The largest absolute Gasteiger partial charge is 0.356 e. The van der Waals surface area contributed by atoms with Gasteiger partial charge in [0, 0.05) is 25.8 Å². The van der Waals surface area contributed by atoms with E-state index >= 15 is 0 Å². The molecule has 0 aliphatic rings. The molecule has 3 heteroatoms. The van der Waals surface area contributed by atoms with Gasteiger partial charge in [0.05, 0.1) is 0 Å². The summed E-state index contributed by atoms with van der Waals surface area (Å²) in [5.74, 6) is 1.06. The van der Waals surface area contributed by atoms with E-state index in [2.05, 4.69) is 35.1 Å². The lowest BCUT2D eigenvalue weighted by Crippen LogP contribution is -2.32. The highest BCUT2D eigenvalue weighted by Gasteiger charge is 2.02. The zero-order valence-electron chi connectivity index (χ0n) is 9.03. The molecule has 0 radical (unpaired) electrons. The summed E-state index contributed by atoms with van der Waals surface area (Å²) in [4.78, 5) is 6.59. The third-order valence-electron chi connectivity index (χ3n) is 2.16. The van der Waals surface area contributed by atoms with Gasteiger partial charge in [-0.05, 0) is 25.6 Å². The van der Waals surface area contributed by atoms with Crippen molar-refractivity contribution in [2.75, 3.05) is 31.1 Å². The van der Waals surface area contributed by atoms with Crippen LogP contribution in [0.5, 0.6) is 0 Å². The van der Waals surface area contributed by atoms with Crippen LogP contribution in [0.2, 0.25) is 0 Å². The van der Waals surface area contributed by atoms with Crippen LogP contribution in [0.25, 0.3) is 0 Å². The highest BCUT2D eigenvalue weighted by atomic mass is 15.2. The number of nitrogens with one attached hydrogen (secondary N) is 1. The van der Waals surface area contributed by atoms with Crippen LogP contribution in [-0.2, 0) is 0 Å². The molecule has 0 aliphatic carbocycles. The summed E-state index contributed by atoms with van der Waals surface area (Å²) in [6.07, 6.45) is 1.84. The molecule has 0 saturated carbocycles. The zero-order chi connectivity index (χ0) is 10.2. The van der Waals surface area contributed by atoms with Crippen LogP contribution in [0.15, 0.2) is 24.4 Å². The lowest BCUT2D eigenvalue weighted by Gasteiger charge is -2.21. The second-order valence-corrected chi connectivity index (χ2v) is 3.12. The van der Waals surface area contributed by atoms with Crippen molar-refractivity contribution in [2.45, 2.75) is 13.8 Å². The van der Waals surface area contributed by atoms with Crippen LogP contribution >= 0.6 is 0 Å². The van der Waals surface area contributed by atoms with Gasteiger partial charge in [0.1, 0.15) is 5.82 Å². The molecular formula is C11H19N3. The Bertz CT molecular complexity index is 236. The number of rotatable bonds is 6. The minimum absolute atomic E-state index is 1.00. The summed E-state index contributed by atoms with van der Waals surface area (Å²) in [6.45, 7) is 8.34. The maximum Gasteiger partial charge on any atom is 0.128 e. The molecule has 0 aromatic carbocycles. The topological polar surface area (TPSA) is 28.2 Å². The molecule has 0 atom stereocenters. The highest BCUT2D eigenvalue weighted by molar-refractivity contribution is 5.37. The van der Waals surface area contributed by atoms with E-state index in [0.29, 0.717) is 0 Å². The van der Waals surface area contributed by atoms with E-state index in [1.807, 2.05) is 18.3 Å². The summed E-state index contributed by atoms with van der Waals surface area (Å²) >= 11 is 0. The van der Waals surface area contributed by atoms with Gasteiger partial charge in [0.15, 0.2) is 0 Å². The minimum atomic E-state index is 1.00. The van der Waals surface area contributed by atoms with Crippen molar-refractivity contribution in [3.63, 3.8) is 0 Å². The summed E-state index contributed by atoms with van der Waals surface area (Å²) in [6, 6.07) is 6.02. The first kappa shape index (κ1) is 11.0. The lowest BCUT2D eigenvalue weighted by atomic mass is 10.4. The first-order chi connectivity index (χ1) is 6.88. The summed E-state index contributed by atoms with van der Waals surface area (Å²) < 4.78 is 0. The molecule has 1 N–H and O–H groups in total. The van der Waals surface area contributed by atoms with E-state index in [1.54, 1.807) is 0 Å². The monoisotopic (exact) mass is 193 g/mol. The molecule has 3 nitrogen and oxygen atoms in total. The van der Waals surface area contributed by atoms with Crippen LogP contribution in [0.4, 0.5) is 5.82 Å². The molecule has 14 heavy (non-hydrogen) atoms. The highest BCUT2D eigenvalue weighted by Crippen LogP contribution is 2.07. The van der Waals surface area contributed by atoms with Gasteiger partial charge in [-0.1, -0.05) is 13.0 Å². The van der Waals surface area contributed by atoms with Gasteiger partial charge < -0.3 is 10.2 Å². The Morgan fingerprint density at radius 2 is 2.21 bits per heavy atom. The van der Waals surface area contributed by atoms with Crippen LogP contribution < -0.4 is 10.2 Å². The summed E-state index contributed by atoms with van der Waals surface area (Å²) in [5.41, 5.74) is 0. The van der Waals surface area contributed by atoms with Gasteiger partial charge in [0.2, 0.25) is 0 Å². The molecule has 0 bridgehead atoms. The second-order valence-electron chi connectivity index (χ2n) is 3.12.